The molecule has 1 aromatic carbocycles. The zero-order chi connectivity index (χ0) is 14.8. The molecule has 1 aromatic rings. The van der Waals surface area contributed by atoms with Gasteiger partial charge in [-0.2, -0.15) is 0 Å². The van der Waals surface area contributed by atoms with Gasteiger partial charge in [0.15, 0.2) is 0 Å². The van der Waals surface area contributed by atoms with Crippen LogP contribution in [0.5, 0.6) is 0 Å². The van der Waals surface area contributed by atoms with E-state index in [0.29, 0.717) is 6.54 Å². The van der Waals surface area contributed by atoms with Crippen molar-refractivity contribution in [2.45, 2.75) is 30.3 Å². The van der Waals surface area contributed by atoms with E-state index in [-0.39, 0.29) is 23.0 Å². The molecule has 0 aromatic heterocycles. The van der Waals surface area contributed by atoms with Gasteiger partial charge in [0, 0.05) is 24.7 Å². The summed E-state index contributed by atoms with van der Waals surface area (Å²) in [4.78, 5) is 2.19. The van der Waals surface area contributed by atoms with Crippen LogP contribution in [0.2, 0.25) is 0 Å². The average molecular weight is 301 g/mol. The predicted octanol–water partition coefficient (Wildman–Crippen LogP) is 0.657. The lowest BCUT2D eigenvalue weighted by atomic mass is 10.2. The van der Waals surface area contributed by atoms with Gasteiger partial charge in [-0.3, -0.25) is 0 Å². The lowest BCUT2D eigenvalue weighted by Gasteiger charge is -2.19. The van der Waals surface area contributed by atoms with E-state index in [9.17, 15) is 12.8 Å². The highest BCUT2D eigenvalue weighted by molar-refractivity contribution is 7.89. The summed E-state index contributed by atoms with van der Waals surface area (Å²) < 4.78 is 40.3. The van der Waals surface area contributed by atoms with Gasteiger partial charge >= 0.3 is 0 Å². The van der Waals surface area contributed by atoms with Crippen LogP contribution >= 0.6 is 0 Å². The number of sulfonamides is 1. The van der Waals surface area contributed by atoms with Gasteiger partial charge in [-0.25, -0.2) is 17.5 Å². The van der Waals surface area contributed by atoms with Crippen molar-refractivity contribution in [3.05, 3.63) is 29.6 Å². The van der Waals surface area contributed by atoms with Gasteiger partial charge in [-0.05, 0) is 44.6 Å². The number of hydrogen-bond acceptors (Lipinski definition) is 4. The standard InChI is InChI=1S/C13H20FN3O2S/c1-17-6-2-3-11(17)9-16-20(18,19)12-4-5-13(14)10(7-12)8-15/h4-5,7,11,16H,2-3,6,8-9,15H2,1H3. The highest BCUT2D eigenvalue weighted by Gasteiger charge is 2.23. The van der Waals surface area contributed by atoms with Crippen molar-refractivity contribution >= 4 is 10.0 Å². The van der Waals surface area contributed by atoms with Crippen molar-refractivity contribution in [2.75, 3.05) is 20.1 Å². The van der Waals surface area contributed by atoms with E-state index in [1.807, 2.05) is 7.05 Å². The molecule has 1 aliphatic heterocycles. The first-order valence-corrected chi connectivity index (χ1v) is 8.11. The van der Waals surface area contributed by atoms with Crippen molar-refractivity contribution in [1.29, 1.82) is 0 Å². The Bertz CT molecular complexity index is 577. The fourth-order valence-electron chi connectivity index (χ4n) is 2.40. The van der Waals surface area contributed by atoms with Gasteiger partial charge in [0.05, 0.1) is 4.90 Å². The first kappa shape index (κ1) is 15.4. The zero-order valence-electron chi connectivity index (χ0n) is 11.5. The Labute approximate surface area is 119 Å². The molecule has 1 heterocycles. The molecule has 5 nitrogen and oxygen atoms in total. The van der Waals surface area contributed by atoms with E-state index in [2.05, 4.69) is 9.62 Å². The summed E-state index contributed by atoms with van der Waals surface area (Å²) in [5.74, 6) is -0.484. The van der Waals surface area contributed by atoms with Gasteiger partial charge in [-0.1, -0.05) is 0 Å². The Balaban J connectivity index is 2.10. The molecule has 112 valence electrons. The fourth-order valence-corrected chi connectivity index (χ4v) is 3.52. The topological polar surface area (TPSA) is 75.4 Å². The second kappa shape index (κ2) is 6.17. The van der Waals surface area contributed by atoms with E-state index in [1.54, 1.807) is 0 Å². The van der Waals surface area contributed by atoms with E-state index in [0.717, 1.165) is 25.5 Å². The first-order valence-electron chi connectivity index (χ1n) is 6.62. The van der Waals surface area contributed by atoms with Gasteiger partial charge in [-0.15, -0.1) is 0 Å². The molecule has 0 aliphatic carbocycles. The third kappa shape index (κ3) is 3.35. The number of nitrogens with zero attached hydrogens (tertiary/aromatic N) is 1. The van der Waals surface area contributed by atoms with Crippen LogP contribution in [0.25, 0.3) is 0 Å². The van der Waals surface area contributed by atoms with Crippen LogP contribution in [-0.2, 0) is 16.6 Å². The van der Waals surface area contributed by atoms with Gasteiger partial charge in [0.25, 0.3) is 0 Å². The van der Waals surface area contributed by atoms with Crippen LogP contribution < -0.4 is 10.5 Å². The third-order valence-corrected chi connectivity index (χ3v) is 5.15. The maximum Gasteiger partial charge on any atom is 0.240 e. The maximum atomic E-state index is 13.3. The highest BCUT2D eigenvalue weighted by Crippen LogP contribution is 2.17. The molecule has 0 bridgehead atoms. The largest absolute Gasteiger partial charge is 0.326 e. The Kier molecular flexibility index (Phi) is 4.74. The van der Waals surface area contributed by atoms with Crippen molar-refractivity contribution in [1.82, 2.24) is 9.62 Å². The molecule has 1 fully saturated rings. The Hall–Kier alpha value is -1.02. The van der Waals surface area contributed by atoms with Crippen LogP contribution in [0.3, 0.4) is 0 Å². The SMILES string of the molecule is CN1CCCC1CNS(=O)(=O)c1ccc(F)c(CN)c1. The lowest BCUT2D eigenvalue weighted by molar-refractivity contribution is 0.311. The van der Waals surface area contributed by atoms with Crippen molar-refractivity contribution in [3.63, 3.8) is 0 Å². The number of likely N-dealkylation sites (N-methyl/N-ethyl adjacent to an activating group) is 1. The summed E-state index contributed by atoms with van der Waals surface area (Å²) >= 11 is 0. The number of nitrogens with two attached hydrogens (primary N) is 1. The molecule has 0 spiro atoms. The molecule has 1 aliphatic rings. The highest BCUT2D eigenvalue weighted by atomic mass is 32.2. The Morgan fingerprint density at radius 1 is 1.50 bits per heavy atom. The minimum atomic E-state index is -3.62. The zero-order valence-corrected chi connectivity index (χ0v) is 12.3. The predicted molar refractivity (Wildman–Crippen MR) is 75.1 cm³/mol. The third-order valence-electron chi connectivity index (χ3n) is 3.73. The molecule has 3 N–H and O–H groups in total. The number of hydrogen-bond donors (Lipinski definition) is 2. The minimum Gasteiger partial charge on any atom is -0.326 e. The molecule has 1 atom stereocenters. The molecule has 20 heavy (non-hydrogen) atoms. The van der Waals surface area contributed by atoms with Crippen LogP contribution in [0, 0.1) is 5.82 Å². The fraction of sp³-hybridized carbons (Fsp3) is 0.538. The number of halogens is 1. The quantitative estimate of drug-likeness (QED) is 0.837. The summed E-state index contributed by atoms with van der Waals surface area (Å²) in [6.45, 7) is 1.33. The maximum absolute atomic E-state index is 13.3. The van der Waals surface area contributed by atoms with E-state index in [4.69, 9.17) is 5.73 Å². The molecular weight excluding hydrogens is 281 g/mol. The monoisotopic (exact) mass is 301 g/mol. The number of benzene rings is 1. The Morgan fingerprint density at radius 3 is 2.85 bits per heavy atom. The smallest absolute Gasteiger partial charge is 0.240 e. The first-order chi connectivity index (χ1) is 9.44. The minimum absolute atomic E-state index is 0.0272. The Morgan fingerprint density at radius 2 is 2.25 bits per heavy atom. The van der Waals surface area contributed by atoms with Crippen molar-refractivity contribution in [3.8, 4) is 0 Å². The molecule has 1 saturated heterocycles. The molecular formula is C13H20FN3O2S. The summed E-state index contributed by atoms with van der Waals surface area (Å²) in [7, 11) is -1.64. The number of likely N-dealkylation sites (tertiary alicyclic amines) is 1. The van der Waals surface area contributed by atoms with Crippen LogP contribution in [0.4, 0.5) is 4.39 Å². The van der Waals surface area contributed by atoms with Crippen molar-refractivity contribution < 1.29 is 12.8 Å². The summed E-state index contributed by atoms with van der Waals surface area (Å²) in [6, 6.07) is 3.91. The van der Waals surface area contributed by atoms with E-state index in [1.165, 1.54) is 12.1 Å². The van der Waals surface area contributed by atoms with Gasteiger partial charge < -0.3 is 10.6 Å². The molecule has 1 unspecified atom stereocenters. The number of nitrogens with one attached hydrogen (secondary N) is 1. The van der Waals surface area contributed by atoms with E-state index >= 15 is 0 Å². The van der Waals surface area contributed by atoms with Gasteiger partial charge in [0.1, 0.15) is 5.82 Å². The van der Waals surface area contributed by atoms with Crippen LogP contribution in [0.1, 0.15) is 18.4 Å². The second-order valence-corrected chi connectivity index (χ2v) is 6.85. The van der Waals surface area contributed by atoms with Crippen LogP contribution in [-0.4, -0.2) is 39.5 Å². The lowest BCUT2D eigenvalue weighted by Crippen LogP contribution is -2.38. The average Bonchev–Trinajstić information content (AvgIpc) is 2.82. The summed E-state index contributed by atoms with van der Waals surface area (Å²) in [5, 5.41) is 0. The molecule has 0 saturated carbocycles. The molecule has 0 amide bonds. The number of rotatable bonds is 5. The van der Waals surface area contributed by atoms with Crippen LogP contribution in [0.15, 0.2) is 23.1 Å². The van der Waals surface area contributed by atoms with Crippen molar-refractivity contribution in [2.24, 2.45) is 5.73 Å². The van der Waals surface area contributed by atoms with E-state index < -0.39 is 15.8 Å². The molecule has 2 rings (SSSR count). The second-order valence-electron chi connectivity index (χ2n) is 5.09. The summed E-state index contributed by atoms with van der Waals surface area (Å²) in [6.07, 6.45) is 2.06. The molecule has 0 radical (unpaired) electrons. The normalized spacial score (nSPS) is 20.4. The summed E-state index contributed by atoms with van der Waals surface area (Å²) in [5.41, 5.74) is 5.59. The molecule has 7 heteroatoms. The van der Waals surface area contributed by atoms with Gasteiger partial charge in [0.2, 0.25) is 10.0 Å².